The summed E-state index contributed by atoms with van der Waals surface area (Å²) in [5.41, 5.74) is 0.903. The molecule has 0 bridgehead atoms. The van der Waals surface area contributed by atoms with Gasteiger partial charge >= 0.3 is 5.97 Å². The minimum absolute atomic E-state index is 0.138. The number of aromatic carboxylic acids is 1. The normalized spacial score (nSPS) is 10.1. The molecule has 0 atom stereocenters. The van der Waals surface area contributed by atoms with E-state index >= 15 is 0 Å². The van der Waals surface area contributed by atoms with Crippen LogP contribution >= 0.6 is 0 Å². The van der Waals surface area contributed by atoms with Crippen molar-refractivity contribution < 1.29 is 19.6 Å². The van der Waals surface area contributed by atoms with E-state index in [1.165, 1.54) is 19.1 Å². The maximum absolute atomic E-state index is 11.4. The van der Waals surface area contributed by atoms with Crippen molar-refractivity contribution in [3.63, 3.8) is 0 Å². The minimum atomic E-state index is -1.25. The lowest BCUT2D eigenvalue weighted by molar-refractivity contribution is -0.384. The number of non-ortho nitro benzene ring substituents is 1. The van der Waals surface area contributed by atoms with Crippen molar-refractivity contribution in [2.75, 3.05) is 0 Å². The lowest BCUT2D eigenvalue weighted by Gasteiger charge is -2.05. The topological polar surface area (TPSA) is 97.5 Å². The van der Waals surface area contributed by atoms with Gasteiger partial charge in [0.25, 0.3) is 5.69 Å². The maximum Gasteiger partial charge on any atom is 0.335 e. The highest BCUT2D eigenvalue weighted by atomic mass is 16.6. The van der Waals surface area contributed by atoms with E-state index in [1.807, 2.05) is 0 Å². The van der Waals surface area contributed by atoms with E-state index in [4.69, 9.17) is 5.11 Å². The molecule has 2 aromatic rings. The van der Waals surface area contributed by atoms with Crippen LogP contribution in [0.25, 0.3) is 11.1 Å². The van der Waals surface area contributed by atoms with Crippen LogP contribution in [0.15, 0.2) is 42.5 Å². The maximum atomic E-state index is 11.4. The van der Waals surface area contributed by atoms with Gasteiger partial charge in [0.2, 0.25) is 0 Å². The molecule has 0 heterocycles. The van der Waals surface area contributed by atoms with Crippen LogP contribution in [0.3, 0.4) is 0 Å². The quantitative estimate of drug-likeness (QED) is 0.528. The van der Waals surface area contributed by atoms with Crippen LogP contribution in [-0.2, 0) is 0 Å². The van der Waals surface area contributed by atoms with Crippen LogP contribution in [0.5, 0.6) is 0 Å². The summed E-state index contributed by atoms with van der Waals surface area (Å²) < 4.78 is 0. The molecule has 0 unspecified atom stereocenters. The van der Waals surface area contributed by atoms with Gasteiger partial charge in [-0.1, -0.05) is 18.2 Å². The van der Waals surface area contributed by atoms with Crippen molar-refractivity contribution in [1.29, 1.82) is 0 Å². The summed E-state index contributed by atoms with van der Waals surface area (Å²) in [6.07, 6.45) is 0. The van der Waals surface area contributed by atoms with Crippen molar-refractivity contribution in [3.05, 3.63) is 63.7 Å². The van der Waals surface area contributed by atoms with Gasteiger partial charge in [-0.15, -0.1) is 0 Å². The molecule has 0 saturated carbocycles. The minimum Gasteiger partial charge on any atom is -0.478 e. The Balaban J connectivity index is 2.62. The van der Waals surface area contributed by atoms with Crippen LogP contribution in [0.4, 0.5) is 5.69 Å². The number of hydrogen-bond acceptors (Lipinski definition) is 4. The fraction of sp³-hybridized carbons (Fsp3) is 0.0667. The first-order chi connectivity index (χ1) is 9.88. The fourth-order valence-corrected chi connectivity index (χ4v) is 1.92. The third-order valence-corrected chi connectivity index (χ3v) is 2.98. The molecule has 0 aliphatic rings. The third kappa shape index (κ3) is 3.11. The summed E-state index contributed by atoms with van der Waals surface area (Å²) in [4.78, 5) is 32.7. The van der Waals surface area contributed by atoms with Gasteiger partial charge < -0.3 is 5.11 Å². The number of benzene rings is 2. The predicted octanol–water partition coefficient (Wildman–Crippen LogP) is 3.16. The van der Waals surface area contributed by atoms with Crippen LogP contribution in [0.2, 0.25) is 0 Å². The van der Waals surface area contributed by atoms with Crippen molar-refractivity contribution in [3.8, 4) is 11.1 Å². The zero-order valence-electron chi connectivity index (χ0n) is 11.1. The van der Waals surface area contributed by atoms with Crippen molar-refractivity contribution >= 4 is 17.4 Å². The van der Waals surface area contributed by atoms with Crippen LogP contribution < -0.4 is 0 Å². The molecular formula is C15H11NO5. The number of carboxylic acid groups (broad SMARTS) is 1. The number of carbonyl (C=O) groups excluding carboxylic acids is 1. The predicted molar refractivity (Wildman–Crippen MR) is 75.5 cm³/mol. The summed E-state index contributed by atoms with van der Waals surface area (Å²) >= 11 is 0. The second-order valence-corrected chi connectivity index (χ2v) is 4.47. The van der Waals surface area contributed by atoms with Crippen molar-refractivity contribution in [2.24, 2.45) is 0 Å². The van der Waals surface area contributed by atoms with E-state index in [2.05, 4.69) is 0 Å². The molecule has 0 saturated heterocycles. The molecule has 106 valence electrons. The molecular weight excluding hydrogens is 274 g/mol. The number of carboxylic acids is 1. The summed E-state index contributed by atoms with van der Waals surface area (Å²) in [5, 5.41) is 19.9. The number of nitrogens with zero attached hydrogens (tertiary/aromatic N) is 1. The Morgan fingerprint density at radius 3 is 2.29 bits per heavy atom. The molecule has 0 spiro atoms. The van der Waals surface area contributed by atoms with Gasteiger partial charge in [-0.05, 0) is 30.2 Å². The fourth-order valence-electron chi connectivity index (χ4n) is 1.92. The summed E-state index contributed by atoms with van der Waals surface area (Å²) in [7, 11) is 0. The number of carbonyl (C=O) groups is 2. The Hall–Kier alpha value is -3.02. The number of hydrogen-bond donors (Lipinski definition) is 1. The van der Waals surface area contributed by atoms with Crippen LogP contribution in [-0.4, -0.2) is 21.8 Å². The van der Waals surface area contributed by atoms with E-state index in [9.17, 15) is 19.7 Å². The lowest BCUT2D eigenvalue weighted by atomic mass is 9.99. The van der Waals surface area contributed by atoms with E-state index in [1.54, 1.807) is 24.3 Å². The highest BCUT2D eigenvalue weighted by molar-refractivity contribution is 5.96. The number of nitro benzene ring substituents is 1. The van der Waals surface area contributed by atoms with Crippen molar-refractivity contribution in [2.45, 2.75) is 6.92 Å². The first kappa shape index (κ1) is 14.4. The number of Topliss-reactive ketones (excluding diaryl/α,β-unsaturated/α-hetero) is 1. The second-order valence-electron chi connectivity index (χ2n) is 4.47. The third-order valence-electron chi connectivity index (χ3n) is 2.98. The van der Waals surface area contributed by atoms with Crippen LogP contribution in [0, 0.1) is 10.1 Å². The molecule has 2 aromatic carbocycles. The number of ketones is 1. The Bertz CT molecular complexity index is 719. The smallest absolute Gasteiger partial charge is 0.335 e. The summed E-state index contributed by atoms with van der Waals surface area (Å²) in [6.45, 7) is 1.41. The molecule has 0 radical (unpaired) electrons. The first-order valence-corrected chi connectivity index (χ1v) is 6.02. The molecule has 2 rings (SSSR count). The molecule has 0 aromatic heterocycles. The lowest BCUT2D eigenvalue weighted by Crippen LogP contribution is -1.99. The van der Waals surface area contributed by atoms with Gasteiger partial charge in [0, 0.05) is 17.7 Å². The zero-order chi connectivity index (χ0) is 15.6. The van der Waals surface area contributed by atoms with E-state index in [-0.39, 0.29) is 17.0 Å². The van der Waals surface area contributed by atoms with Gasteiger partial charge in [-0.25, -0.2) is 4.79 Å². The van der Waals surface area contributed by atoms with Crippen LogP contribution in [0.1, 0.15) is 27.6 Å². The standard InChI is InChI=1S/C15H11NO5/c1-9(17)10-3-2-4-11(5-10)12-6-13(15(18)19)8-14(7-12)16(20)21/h2-8H,1H3,(H,18,19). The molecule has 6 nitrogen and oxygen atoms in total. The van der Waals surface area contributed by atoms with E-state index in [0.717, 1.165) is 6.07 Å². The highest BCUT2D eigenvalue weighted by Crippen LogP contribution is 2.27. The monoisotopic (exact) mass is 285 g/mol. The van der Waals surface area contributed by atoms with Gasteiger partial charge in [-0.2, -0.15) is 0 Å². The molecule has 0 aliphatic carbocycles. The second kappa shape index (κ2) is 5.54. The highest BCUT2D eigenvalue weighted by Gasteiger charge is 2.15. The van der Waals surface area contributed by atoms with Gasteiger partial charge in [-0.3, -0.25) is 14.9 Å². The molecule has 0 aliphatic heterocycles. The largest absolute Gasteiger partial charge is 0.478 e. The molecule has 0 fully saturated rings. The molecule has 0 amide bonds. The summed E-state index contributed by atoms with van der Waals surface area (Å²) in [5.74, 6) is -1.39. The zero-order valence-corrected chi connectivity index (χ0v) is 11.1. The number of nitro groups is 1. The Kier molecular flexibility index (Phi) is 3.80. The van der Waals surface area contributed by atoms with E-state index < -0.39 is 10.9 Å². The average molecular weight is 285 g/mol. The summed E-state index contributed by atoms with van der Waals surface area (Å²) in [6, 6.07) is 10.1. The number of rotatable bonds is 4. The Morgan fingerprint density at radius 1 is 1.05 bits per heavy atom. The molecule has 6 heteroatoms. The Morgan fingerprint density at radius 2 is 1.71 bits per heavy atom. The molecule has 21 heavy (non-hydrogen) atoms. The van der Waals surface area contributed by atoms with Gasteiger partial charge in [0.05, 0.1) is 10.5 Å². The first-order valence-electron chi connectivity index (χ1n) is 6.02. The van der Waals surface area contributed by atoms with Gasteiger partial charge in [0.15, 0.2) is 5.78 Å². The SMILES string of the molecule is CC(=O)c1cccc(-c2cc(C(=O)O)cc([N+](=O)[O-])c2)c1. The van der Waals surface area contributed by atoms with E-state index in [0.29, 0.717) is 16.7 Å². The average Bonchev–Trinajstić information content (AvgIpc) is 2.46. The Labute approximate surface area is 119 Å². The molecule has 1 N–H and O–H groups in total. The van der Waals surface area contributed by atoms with Crippen molar-refractivity contribution in [1.82, 2.24) is 0 Å². The van der Waals surface area contributed by atoms with Gasteiger partial charge in [0.1, 0.15) is 0 Å².